The lowest BCUT2D eigenvalue weighted by atomic mass is 10.0. The first-order valence-electron chi connectivity index (χ1n) is 4.74. The van der Waals surface area contributed by atoms with E-state index in [1.54, 1.807) is 12.1 Å². The van der Waals surface area contributed by atoms with Gasteiger partial charge in [0, 0.05) is 0 Å². The monoisotopic (exact) mass is 215 g/mol. The van der Waals surface area contributed by atoms with Crippen molar-refractivity contribution in [2.24, 2.45) is 0 Å². The SMILES string of the molecule is N#CCc1cc(CC(=O)O)cc2[nH]cnc12. The molecular formula is C11H9N3O2. The van der Waals surface area contributed by atoms with Gasteiger partial charge in [-0.15, -0.1) is 0 Å². The second-order valence-electron chi connectivity index (χ2n) is 3.46. The molecule has 1 aromatic carbocycles. The smallest absolute Gasteiger partial charge is 0.307 e. The Labute approximate surface area is 91.3 Å². The number of hydrogen-bond acceptors (Lipinski definition) is 3. The molecule has 0 spiro atoms. The van der Waals surface area contributed by atoms with Gasteiger partial charge in [0.15, 0.2) is 0 Å². The molecule has 2 rings (SSSR count). The number of H-pyrrole nitrogens is 1. The largest absolute Gasteiger partial charge is 0.481 e. The average Bonchev–Trinajstić information content (AvgIpc) is 2.65. The van der Waals surface area contributed by atoms with E-state index in [-0.39, 0.29) is 12.8 Å². The number of carbonyl (C=O) groups is 1. The number of carboxylic acid groups (broad SMARTS) is 1. The van der Waals surface area contributed by atoms with Gasteiger partial charge < -0.3 is 10.1 Å². The van der Waals surface area contributed by atoms with E-state index < -0.39 is 5.97 Å². The molecule has 0 amide bonds. The molecule has 2 aromatic rings. The first kappa shape index (κ1) is 10.2. The van der Waals surface area contributed by atoms with E-state index >= 15 is 0 Å². The standard InChI is InChI=1S/C11H9N3O2/c12-2-1-8-3-7(5-10(15)16)4-9-11(8)14-6-13-9/h3-4,6H,1,5H2,(H,13,14)(H,15,16). The zero-order valence-corrected chi connectivity index (χ0v) is 8.40. The number of carboxylic acids is 1. The second kappa shape index (κ2) is 4.03. The minimum Gasteiger partial charge on any atom is -0.481 e. The summed E-state index contributed by atoms with van der Waals surface area (Å²) in [5, 5.41) is 17.4. The van der Waals surface area contributed by atoms with Crippen LogP contribution >= 0.6 is 0 Å². The van der Waals surface area contributed by atoms with Crippen LogP contribution in [0.15, 0.2) is 18.5 Å². The van der Waals surface area contributed by atoms with E-state index in [9.17, 15) is 4.79 Å². The molecule has 5 heteroatoms. The molecule has 0 bridgehead atoms. The summed E-state index contributed by atoms with van der Waals surface area (Å²) in [4.78, 5) is 17.6. The van der Waals surface area contributed by atoms with E-state index in [1.165, 1.54) is 6.33 Å². The third-order valence-corrected chi connectivity index (χ3v) is 2.29. The third kappa shape index (κ3) is 1.86. The Balaban J connectivity index is 2.53. The van der Waals surface area contributed by atoms with Gasteiger partial charge in [-0.25, -0.2) is 4.98 Å². The number of nitrogens with one attached hydrogen (secondary N) is 1. The summed E-state index contributed by atoms with van der Waals surface area (Å²) in [6.45, 7) is 0. The lowest BCUT2D eigenvalue weighted by Crippen LogP contribution is -2.01. The van der Waals surface area contributed by atoms with Crippen LogP contribution in [0, 0.1) is 11.3 Å². The minimum atomic E-state index is -0.887. The zero-order chi connectivity index (χ0) is 11.5. The Bertz CT molecular complexity index is 580. The molecule has 0 aliphatic rings. The predicted molar refractivity (Wildman–Crippen MR) is 56.8 cm³/mol. The number of imidazole rings is 1. The Hall–Kier alpha value is -2.35. The number of rotatable bonds is 3. The molecule has 1 heterocycles. The molecule has 2 N–H and O–H groups in total. The van der Waals surface area contributed by atoms with Crippen molar-refractivity contribution < 1.29 is 9.90 Å². The summed E-state index contributed by atoms with van der Waals surface area (Å²) < 4.78 is 0. The van der Waals surface area contributed by atoms with Crippen LogP contribution in [0.4, 0.5) is 0 Å². The predicted octanol–water partition coefficient (Wildman–Crippen LogP) is 1.26. The van der Waals surface area contributed by atoms with Crippen molar-refractivity contribution in [3.63, 3.8) is 0 Å². The molecule has 5 nitrogen and oxygen atoms in total. The van der Waals surface area contributed by atoms with Gasteiger partial charge in [-0.05, 0) is 17.2 Å². The lowest BCUT2D eigenvalue weighted by Gasteiger charge is -2.02. The molecule has 0 fully saturated rings. The van der Waals surface area contributed by atoms with Crippen LogP contribution in [0.1, 0.15) is 11.1 Å². The van der Waals surface area contributed by atoms with Crippen LogP contribution in [-0.4, -0.2) is 21.0 Å². The number of nitrogens with zero attached hydrogens (tertiary/aromatic N) is 2. The Morgan fingerprint density at radius 3 is 3.06 bits per heavy atom. The third-order valence-electron chi connectivity index (χ3n) is 2.29. The van der Waals surface area contributed by atoms with Crippen molar-refractivity contribution in [2.75, 3.05) is 0 Å². The molecule has 16 heavy (non-hydrogen) atoms. The van der Waals surface area contributed by atoms with Crippen LogP contribution < -0.4 is 0 Å². The molecule has 80 valence electrons. The van der Waals surface area contributed by atoms with Crippen molar-refractivity contribution in [1.29, 1.82) is 5.26 Å². The van der Waals surface area contributed by atoms with Crippen molar-refractivity contribution >= 4 is 17.0 Å². The maximum absolute atomic E-state index is 10.6. The summed E-state index contributed by atoms with van der Waals surface area (Å²) in [5.74, 6) is -0.887. The molecule has 0 aliphatic carbocycles. The quantitative estimate of drug-likeness (QED) is 0.806. The summed E-state index contributed by atoms with van der Waals surface area (Å²) in [6, 6.07) is 5.52. The van der Waals surface area contributed by atoms with Crippen LogP contribution in [-0.2, 0) is 17.6 Å². The number of fused-ring (bicyclic) bond motifs is 1. The van der Waals surface area contributed by atoms with Gasteiger partial charge in [-0.2, -0.15) is 5.26 Å². The highest BCUT2D eigenvalue weighted by Gasteiger charge is 2.08. The fraction of sp³-hybridized carbons (Fsp3) is 0.182. The number of benzene rings is 1. The van der Waals surface area contributed by atoms with Gasteiger partial charge in [0.05, 0.1) is 36.3 Å². The topological polar surface area (TPSA) is 89.8 Å². The number of hydrogen-bond donors (Lipinski definition) is 2. The summed E-state index contributed by atoms with van der Waals surface area (Å²) >= 11 is 0. The molecule has 0 unspecified atom stereocenters. The highest BCUT2D eigenvalue weighted by Crippen LogP contribution is 2.18. The van der Waals surface area contributed by atoms with Gasteiger partial charge in [-0.1, -0.05) is 6.07 Å². The van der Waals surface area contributed by atoms with Crippen molar-refractivity contribution in [3.8, 4) is 6.07 Å². The van der Waals surface area contributed by atoms with Crippen molar-refractivity contribution in [2.45, 2.75) is 12.8 Å². The number of aromatic nitrogens is 2. The lowest BCUT2D eigenvalue weighted by molar-refractivity contribution is -0.136. The van der Waals surface area contributed by atoms with Gasteiger partial charge >= 0.3 is 5.97 Å². The summed E-state index contributed by atoms with van der Waals surface area (Å²) in [5.41, 5.74) is 2.94. The van der Waals surface area contributed by atoms with Crippen LogP contribution in [0.3, 0.4) is 0 Å². The van der Waals surface area contributed by atoms with Crippen molar-refractivity contribution in [1.82, 2.24) is 9.97 Å². The second-order valence-corrected chi connectivity index (χ2v) is 3.46. The first-order valence-corrected chi connectivity index (χ1v) is 4.74. The fourth-order valence-corrected chi connectivity index (χ4v) is 1.69. The maximum atomic E-state index is 10.6. The number of nitriles is 1. The molecule has 0 atom stereocenters. The van der Waals surface area contributed by atoms with Gasteiger partial charge in [-0.3, -0.25) is 4.79 Å². The Kier molecular flexibility index (Phi) is 2.56. The molecular weight excluding hydrogens is 206 g/mol. The van der Waals surface area contributed by atoms with E-state index in [2.05, 4.69) is 9.97 Å². The van der Waals surface area contributed by atoms with Crippen LogP contribution in [0.25, 0.3) is 11.0 Å². The molecule has 0 saturated carbocycles. The van der Waals surface area contributed by atoms with E-state index in [4.69, 9.17) is 10.4 Å². The molecule has 1 aromatic heterocycles. The number of aliphatic carboxylic acids is 1. The van der Waals surface area contributed by atoms with E-state index in [0.29, 0.717) is 5.56 Å². The maximum Gasteiger partial charge on any atom is 0.307 e. The highest BCUT2D eigenvalue weighted by atomic mass is 16.4. The Morgan fingerprint density at radius 1 is 1.56 bits per heavy atom. The minimum absolute atomic E-state index is 0.0482. The summed E-state index contributed by atoms with van der Waals surface area (Å²) in [6.07, 6.45) is 1.72. The van der Waals surface area contributed by atoms with Crippen LogP contribution in [0.2, 0.25) is 0 Å². The fourth-order valence-electron chi connectivity index (χ4n) is 1.69. The molecule has 0 aliphatic heterocycles. The van der Waals surface area contributed by atoms with Crippen LogP contribution in [0.5, 0.6) is 0 Å². The van der Waals surface area contributed by atoms with E-state index in [0.717, 1.165) is 16.6 Å². The summed E-state index contributed by atoms with van der Waals surface area (Å²) in [7, 11) is 0. The van der Waals surface area contributed by atoms with Gasteiger partial charge in [0.2, 0.25) is 0 Å². The highest BCUT2D eigenvalue weighted by molar-refractivity contribution is 5.81. The average molecular weight is 215 g/mol. The number of aromatic amines is 1. The van der Waals surface area contributed by atoms with Crippen molar-refractivity contribution in [3.05, 3.63) is 29.6 Å². The molecule has 0 radical (unpaired) electrons. The van der Waals surface area contributed by atoms with E-state index in [1.807, 2.05) is 6.07 Å². The first-order chi connectivity index (χ1) is 7.70. The zero-order valence-electron chi connectivity index (χ0n) is 8.40. The normalized spacial score (nSPS) is 10.2. The molecule has 0 saturated heterocycles. The van der Waals surface area contributed by atoms with Gasteiger partial charge in [0.25, 0.3) is 0 Å². The Morgan fingerprint density at radius 2 is 2.38 bits per heavy atom. The van der Waals surface area contributed by atoms with Gasteiger partial charge in [0.1, 0.15) is 0 Å².